The first kappa shape index (κ1) is 13.5. The molecule has 0 aliphatic heterocycles. The molecule has 0 aliphatic carbocycles. The quantitative estimate of drug-likeness (QED) is 0.789. The number of ether oxygens (including phenoxy) is 1. The van der Waals surface area contributed by atoms with Crippen LogP contribution in [0.4, 0.5) is 13.2 Å². The Hall–Kier alpha value is -1.97. The Morgan fingerprint density at radius 1 is 1.00 bits per heavy atom. The Morgan fingerprint density at radius 2 is 1.74 bits per heavy atom. The first-order chi connectivity index (χ1) is 8.97. The van der Waals surface area contributed by atoms with Crippen LogP contribution in [0.5, 0.6) is 5.75 Å². The van der Waals surface area contributed by atoms with E-state index in [4.69, 9.17) is 4.74 Å². The fourth-order valence-corrected chi connectivity index (χ4v) is 1.79. The maximum atomic E-state index is 12.8. The van der Waals surface area contributed by atoms with Gasteiger partial charge in [-0.3, -0.25) is 0 Å². The molecule has 4 heteroatoms. The minimum absolute atomic E-state index is 0.0981. The number of rotatable bonds is 3. The van der Waals surface area contributed by atoms with E-state index < -0.39 is 11.7 Å². The lowest BCUT2D eigenvalue weighted by Gasteiger charge is -2.13. The Morgan fingerprint density at radius 3 is 2.42 bits per heavy atom. The van der Waals surface area contributed by atoms with Gasteiger partial charge in [0.2, 0.25) is 0 Å². The predicted octanol–water partition coefficient (Wildman–Crippen LogP) is 4.59. The fraction of sp³-hybridized carbons (Fsp3) is 0.200. The molecule has 0 N–H and O–H groups in total. The van der Waals surface area contributed by atoms with Crippen LogP contribution >= 0.6 is 0 Å². The summed E-state index contributed by atoms with van der Waals surface area (Å²) < 4.78 is 43.8. The molecule has 0 atom stereocenters. The summed E-state index contributed by atoms with van der Waals surface area (Å²) in [4.78, 5) is 0. The van der Waals surface area contributed by atoms with Gasteiger partial charge in [0.05, 0.1) is 5.56 Å². The van der Waals surface area contributed by atoms with Crippen LogP contribution < -0.4 is 4.74 Å². The number of aryl methyl sites for hydroxylation is 1. The second-order valence-electron chi connectivity index (χ2n) is 4.26. The van der Waals surface area contributed by atoms with Gasteiger partial charge in [-0.15, -0.1) is 0 Å². The maximum Gasteiger partial charge on any atom is 0.416 e. The third-order valence-corrected chi connectivity index (χ3v) is 2.71. The van der Waals surface area contributed by atoms with Crippen molar-refractivity contribution in [3.05, 3.63) is 65.2 Å². The summed E-state index contributed by atoms with van der Waals surface area (Å²) in [5.41, 5.74) is 0.487. The van der Waals surface area contributed by atoms with Gasteiger partial charge in [0.1, 0.15) is 12.4 Å². The largest absolute Gasteiger partial charge is 0.489 e. The minimum Gasteiger partial charge on any atom is -0.489 e. The van der Waals surface area contributed by atoms with E-state index >= 15 is 0 Å². The number of benzene rings is 2. The first-order valence-electron chi connectivity index (χ1n) is 5.81. The highest BCUT2D eigenvalue weighted by Gasteiger charge is 2.32. The van der Waals surface area contributed by atoms with Crippen LogP contribution in [0, 0.1) is 6.92 Å². The summed E-state index contributed by atoms with van der Waals surface area (Å²) in [5, 5.41) is 0. The van der Waals surface area contributed by atoms with Crippen molar-refractivity contribution in [2.75, 3.05) is 0 Å². The average Bonchev–Trinajstić information content (AvgIpc) is 2.36. The normalized spacial score (nSPS) is 11.4. The van der Waals surface area contributed by atoms with Crippen LogP contribution in [0.3, 0.4) is 0 Å². The monoisotopic (exact) mass is 266 g/mol. The second kappa shape index (κ2) is 5.34. The summed E-state index contributed by atoms with van der Waals surface area (Å²) in [6, 6.07) is 12.7. The Bertz CT molecular complexity index is 561. The molecule has 0 fully saturated rings. The van der Waals surface area contributed by atoms with Gasteiger partial charge >= 0.3 is 6.18 Å². The van der Waals surface area contributed by atoms with E-state index in [1.807, 2.05) is 13.0 Å². The zero-order chi connectivity index (χ0) is 13.9. The van der Waals surface area contributed by atoms with Crippen molar-refractivity contribution < 1.29 is 17.9 Å². The molecular weight excluding hydrogens is 253 g/mol. The van der Waals surface area contributed by atoms with E-state index in [1.165, 1.54) is 12.1 Å². The molecule has 0 aromatic heterocycles. The molecule has 0 unspecified atom stereocenters. The van der Waals surface area contributed by atoms with E-state index in [2.05, 4.69) is 0 Å². The van der Waals surface area contributed by atoms with Gasteiger partial charge in [-0.2, -0.15) is 13.2 Å². The highest BCUT2D eigenvalue weighted by Crippen LogP contribution is 2.32. The SMILES string of the molecule is Cc1cccc(OCc2ccccc2C(F)(F)F)c1. The molecule has 0 amide bonds. The molecule has 0 saturated carbocycles. The lowest BCUT2D eigenvalue weighted by molar-refractivity contribution is -0.138. The summed E-state index contributed by atoms with van der Waals surface area (Å²) >= 11 is 0. The third-order valence-electron chi connectivity index (χ3n) is 2.71. The lowest BCUT2D eigenvalue weighted by atomic mass is 10.1. The van der Waals surface area contributed by atoms with Crippen molar-refractivity contribution in [3.8, 4) is 5.75 Å². The molecule has 0 heterocycles. The number of halogens is 3. The first-order valence-corrected chi connectivity index (χ1v) is 5.81. The van der Waals surface area contributed by atoms with E-state index in [0.717, 1.165) is 11.6 Å². The highest BCUT2D eigenvalue weighted by atomic mass is 19.4. The van der Waals surface area contributed by atoms with Crippen LogP contribution in [-0.4, -0.2) is 0 Å². The van der Waals surface area contributed by atoms with E-state index in [9.17, 15) is 13.2 Å². The summed E-state index contributed by atoms with van der Waals surface area (Å²) in [7, 11) is 0. The zero-order valence-electron chi connectivity index (χ0n) is 10.4. The van der Waals surface area contributed by atoms with Crippen molar-refractivity contribution in [1.82, 2.24) is 0 Å². The van der Waals surface area contributed by atoms with Gasteiger partial charge in [-0.25, -0.2) is 0 Å². The van der Waals surface area contributed by atoms with E-state index in [0.29, 0.717) is 5.75 Å². The van der Waals surface area contributed by atoms with Gasteiger partial charge in [0.15, 0.2) is 0 Å². The number of hydrogen-bond donors (Lipinski definition) is 0. The van der Waals surface area contributed by atoms with Crippen molar-refractivity contribution in [2.45, 2.75) is 19.7 Å². The topological polar surface area (TPSA) is 9.23 Å². The van der Waals surface area contributed by atoms with E-state index in [-0.39, 0.29) is 12.2 Å². The molecule has 0 bridgehead atoms. The van der Waals surface area contributed by atoms with E-state index in [1.54, 1.807) is 24.3 Å². The van der Waals surface area contributed by atoms with Crippen molar-refractivity contribution in [1.29, 1.82) is 0 Å². The molecule has 0 aliphatic rings. The number of hydrogen-bond acceptors (Lipinski definition) is 1. The smallest absolute Gasteiger partial charge is 0.416 e. The van der Waals surface area contributed by atoms with Gasteiger partial charge in [0, 0.05) is 5.56 Å². The van der Waals surface area contributed by atoms with Gasteiger partial charge in [0.25, 0.3) is 0 Å². The van der Waals surface area contributed by atoms with Gasteiger partial charge < -0.3 is 4.74 Å². The Labute approximate surface area is 109 Å². The molecule has 0 saturated heterocycles. The van der Waals surface area contributed by atoms with Crippen LogP contribution in [0.2, 0.25) is 0 Å². The molecule has 1 nitrogen and oxygen atoms in total. The average molecular weight is 266 g/mol. The molecule has 0 spiro atoms. The highest BCUT2D eigenvalue weighted by molar-refractivity contribution is 5.31. The predicted molar refractivity (Wildman–Crippen MR) is 67.0 cm³/mol. The fourth-order valence-electron chi connectivity index (χ4n) is 1.79. The lowest BCUT2D eigenvalue weighted by Crippen LogP contribution is -2.10. The molecule has 2 aromatic carbocycles. The van der Waals surface area contributed by atoms with Gasteiger partial charge in [-0.05, 0) is 30.7 Å². The number of alkyl halides is 3. The van der Waals surface area contributed by atoms with Crippen LogP contribution in [0.15, 0.2) is 48.5 Å². The maximum absolute atomic E-state index is 12.8. The molecular formula is C15H13F3O. The van der Waals surface area contributed by atoms with Crippen LogP contribution in [-0.2, 0) is 12.8 Å². The molecule has 2 rings (SSSR count). The minimum atomic E-state index is -4.35. The molecule has 100 valence electrons. The zero-order valence-corrected chi connectivity index (χ0v) is 10.4. The second-order valence-corrected chi connectivity index (χ2v) is 4.26. The Balaban J connectivity index is 2.16. The molecule has 0 radical (unpaired) electrons. The molecule has 19 heavy (non-hydrogen) atoms. The van der Waals surface area contributed by atoms with Crippen LogP contribution in [0.1, 0.15) is 16.7 Å². The van der Waals surface area contributed by atoms with Crippen LogP contribution in [0.25, 0.3) is 0 Å². The van der Waals surface area contributed by atoms with Crippen molar-refractivity contribution in [3.63, 3.8) is 0 Å². The summed E-state index contributed by atoms with van der Waals surface area (Å²) in [5.74, 6) is 0.567. The van der Waals surface area contributed by atoms with Crippen molar-refractivity contribution >= 4 is 0 Å². The summed E-state index contributed by atoms with van der Waals surface area (Å²) in [6.07, 6.45) is -4.35. The standard InChI is InChI=1S/C15H13F3O/c1-11-5-4-7-13(9-11)19-10-12-6-2-3-8-14(12)15(16,17)18/h2-9H,10H2,1H3. The Kier molecular flexibility index (Phi) is 3.79. The van der Waals surface area contributed by atoms with Gasteiger partial charge in [-0.1, -0.05) is 30.3 Å². The summed E-state index contributed by atoms with van der Waals surface area (Å²) in [6.45, 7) is 1.80. The third kappa shape index (κ3) is 3.50. The van der Waals surface area contributed by atoms with Crippen molar-refractivity contribution in [2.24, 2.45) is 0 Å². The molecule has 2 aromatic rings.